The first-order chi connectivity index (χ1) is 11.6. The number of benzene rings is 1. The molecule has 0 spiro atoms. The van der Waals surface area contributed by atoms with E-state index in [0.29, 0.717) is 0 Å². The molecule has 120 valence electrons. The van der Waals surface area contributed by atoms with E-state index in [1.165, 1.54) is 11.1 Å². The number of aryl methyl sites for hydroxylation is 3. The molecule has 3 heterocycles. The predicted octanol–water partition coefficient (Wildman–Crippen LogP) is 5.26. The summed E-state index contributed by atoms with van der Waals surface area (Å²) in [6.07, 6.45) is 3.70. The number of hydrogen-bond donors (Lipinski definition) is 1. The summed E-state index contributed by atoms with van der Waals surface area (Å²) in [7, 11) is 0. The van der Waals surface area contributed by atoms with Gasteiger partial charge in [-0.05, 0) is 55.7 Å². The van der Waals surface area contributed by atoms with Crippen molar-refractivity contribution in [1.82, 2.24) is 9.38 Å². The third kappa shape index (κ3) is 2.27. The molecule has 0 aliphatic carbocycles. The average Bonchev–Trinajstić information content (AvgIpc) is 3.19. The molecule has 4 heteroatoms. The van der Waals surface area contributed by atoms with Gasteiger partial charge in [-0.3, -0.25) is 4.40 Å². The Morgan fingerprint density at radius 3 is 2.38 bits per heavy atom. The molecular formula is C20H19N3O. The number of hydrogen-bond acceptors (Lipinski definition) is 3. The third-order valence-electron chi connectivity index (χ3n) is 4.32. The van der Waals surface area contributed by atoms with Gasteiger partial charge in [0.25, 0.3) is 0 Å². The molecule has 24 heavy (non-hydrogen) atoms. The van der Waals surface area contributed by atoms with Crippen molar-refractivity contribution in [3.63, 3.8) is 0 Å². The zero-order chi connectivity index (χ0) is 16.7. The highest BCUT2D eigenvalue weighted by Crippen LogP contribution is 2.34. The Kier molecular flexibility index (Phi) is 3.38. The highest BCUT2D eigenvalue weighted by Gasteiger charge is 2.18. The molecule has 1 N–H and O–H groups in total. The van der Waals surface area contributed by atoms with E-state index in [0.717, 1.165) is 34.2 Å². The molecule has 0 atom stereocenters. The minimum atomic E-state index is 0.756. The van der Waals surface area contributed by atoms with Crippen molar-refractivity contribution in [2.45, 2.75) is 20.8 Å². The summed E-state index contributed by atoms with van der Waals surface area (Å²) in [5.74, 6) is 1.67. The normalized spacial score (nSPS) is 11.1. The van der Waals surface area contributed by atoms with Gasteiger partial charge in [0.15, 0.2) is 5.76 Å². The maximum atomic E-state index is 5.61. The molecule has 0 amide bonds. The SMILES string of the molecule is Cc1cccc(C)c1Nc1c(-c2ccco2)nc2c(C)cccn12. The number of furan rings is 1. The van der Waals surface area contributed by atoms with Gasteiger partial charge in [0.05, 0.1) is 6.26 Å². The minimum Gasteiger partial charge on any atom is -0.463 e. The second-order valence-corrected chi connectivity index (χ2v) is 6.06. The van der Waals surface area contributed by atoms with E-state index < -0.39 is 0 Å². The van der Waals surface area contributed by atoms with Crippen molar-refractivity contribution < 1.29 is 4.42 Å². The standard InChI is InChI=1S/C20H19N3O/c1-13-7-4-8-14(2)17(13)21-20-18(16-10-6-12-24-16)22-19-15(3)9-5-11-23(19)20/h4-12,21H,1-3H3. The Morgan fingerprint density at radius 2 is 1.67 bits per heavy atom. The van der Waals surface area contributed by atoms with Crippen molar-refractivity contribution in [1.29, 1.82) is 0 Å². The second kappa shape index (κ2) is 5.57. The molecule has 0 unspecified atom stereocenters. The van der Waals surface area contributed by atoms with E-state index in [9.17, 15) is 0 Å². The van der Waals surface area contributed by atoms with Crippen LogP contribution < -0.4 is 5.32 Å². The second-order valence-electron chi connectivity index (χ2n) is 6.06. The van der Waals surface area contributed by atoms with Gasteiger partial charge in [-0.2, -0.15) is 0 Å². The summed E-state index contributed by atoms with van der Waals surface area (Å²) < 4.78 is 7.69. The first-order valence-electron chi connectivity index (χ1n) is 8.00. The predicted molar refractivity (Wildman–Crippen MR) is 96.8 cm³/mol. The van der Waals surface area contributed by atoms with E-state index in [2.05, 4.69) is 54.8 Å². The van der Waals surface area contributed by atoms with Gasteiger partial charge in [0.2, 0.25) is 0 Å². The maximum absolute atomic E-state index is 5.61. The molecule has 0 aliphatic rings. The molecule has 0 bridgehead atoms. The number of pyridine rings is 1. The van der Waals surface area contributed by atoms with Crippen LogP contribution in [0.2, 0.25) is 0 Å². The topological polar surface area (TPSA) is 42.5 Å². The third-order valence-corrected chi connectivity index (χ3v) is 4.32. The van der Waals surface area contributed by atoms with Gasteiger partial charge in [-0.25, -0.2) is 4.98 Å². The number of imidazole rings is 1. The van der Waals surface area contributed by atoms with E-state index in [4.69, 9.17) is 9.40 Å². The van der Waals surface area contributed by atoms with Crippen LogP contribution in [-0.4, -0.2) is 9.38 Å². The molecule has 0 fully saturated rings. The summed E-state index contributed by atoms with van der Waals surface area (Å²) in [5.41, 5.74) is 6.37. The molecule has 0 saturated carbocycles. The summed E-state index contributed by atoms with van der Waals surface area (Å²) in [6.45, 7) is 6.28. The Labute approximate surface area is 140 Å². The quantitative estimate of drug-likeness (QED) is 0.560. The van der Waals surface area contributed by atoms with Crippen LogP contribution in [0.5, 0.6) is 0 Å². The van der Waals surface area contributed by atoms with Gasteiger partial charge in [-0.15, -0.1) is 0 Å². The first kappa shape index (κ1) is 14.6. The molecule has 0 aliphatic heterocycles. The number of fused-ring (bicyclic) bond motifs is 1. The molecule has 0 radical (unpaired) electrons. The maximum Gasteiger partial charge on any atom is 0.156 e. The largest absolute Gasteiger partial charge is 0.463 e. The monoisotopic (exact) mass is 317 g/mol. The Hall–Kier alpha value is -3.01. The first-order valence-corrected chi connectivity index (χ1v) is 8.00. The smallest absolute Gasteiger partial charge is 0.156 e. The zero-order valence-electron chi connectivity index (χ0n) is 14.0. The van der Waals surface area contributed by atoms with Crippen LogP contribution in [0, 0.1) is 20.8 Å². The van der Waals surface area contributed by atoms with Crippen molar-refractivity contribution >= 4 is 17.2 Å². The molecule has 3 aromatic heterocycles. The van der Waals surface area contributed by atoms with Gasteiger partial charge >= 0.3 is 0 Å². The lowest BCUT2D eigenvalue weighted by Gasteiger charge is -2.13. The van der Waals surface area contributed by atoms with Crippen LogP contribution in [0.4, 0.5) is 11.5 Å². The Morgan fingerprint density at radius 1 is 0.917 bits per heavy atom. The fraction of sp³-hybridized carbons (Fsp3) is 0.150. The lowest BCUT2D eigenvalue weighted by molar-refractivity contribution is 0.581. The van der Waals surface area contributed by atoms with Crippen LogP contribution in [0.3, 0.4) is 0 Å². The van der Waals surface area contributed by atoms with Crippen molar-refractivity contribution in [2.75, 3.05) is 5.32 Å². The van der Waals surface area contributed by atoms with E-state index in [-0.39, 0.29) is 0 Å². The van der Waals surface area contributed by atoms with Gasteiger partial charge < -0.3 is 9.73 Å². The van der Waals surface area contributed by atoms with E-state index >= 15 is 0 Å². The molecule has 1 aromatic carbocycles. The van der Waals surface area contributed by atoms with Gasteiger partial charge in [0, 0.05) is 11.9 Å². The minimum absolute atomic E-state index is 0.756. The van der Waals surface area contributed by atoms with Crippen molar-refractivity contribution in [2.24, 2.45) is 0 Å². The van der Waals surface area contributed by atoms with Crippen molar-refractivity contribution in [3.8, 4) is 11.5 Å². The van der Waals surface area contributed by atoms with E-state index in [1.807, 2.05) is 24.4 Å². The number of nitrogens with zero attached hydrogens (tertiary/aromatic N) is 2. The highest BCUT2D eigenvalue weighted by atomic mass is 16.3. The molecule has 4 nitrogen and oxygen atoms in total. The lowest BCUT2D eigenvalue weighted by atomic mass is 10.1. The molecule has 4 rings (SSSR count). The van der Waals surface area contributed by atoms with Gasteiger partial charge in [0.1, 0.15) is 17.2 Å². The number of para-hydroxylation sites is 1. The van der Waals surface area contributed by atoms with Crippen LogP contribution in [0.1, 0.15) is 16.7 Å². The van der Waals surface area contributed by atoms with Crippen molar-refractivity contribution in [3.05, 3.63) is 71.6 Å². The van der Waals surface area contributed by atoms with Crippen LogP contribution in [0.15, 0.2) is 59.3 Å². The highest BCUT2D eigenvalue weighted by molar-refractivity contribution is 5.79. The fourth-order valence-electron chi connectivity index (χ4n) is 3.04. The Balaban J connectivity index is 1.96. The summed E-state index contributed by atoms with van der Waals surface area (Å²) in [6, 6.07) is 14.2. The number of nitrogens with one attached hydrogen (secondary N) is 1. The summed E-state index contributed by atoms with van der Waals surface area (Å²) >= 11 is 0. The summed E-state index contributed by atoms with van der Waals surface area (Å²) in [5, 5.41) is 3.59. The molecule has 4 aromatic rings. The van der Waals surface area contributed by atoms with Crippen LogP contribution >= 0.6 is 0 Å². The number of rotatable bonds is 3. The molecule has 0 saturated heterocycles. The average molecular weight is 317 g/mol. The zero-order valence-corrected chi connectivity index (χ0v) is 14.0. The molecular weight excluding hydrogens is 298 g/mol. The van der Waals surface area contributed by atoms with Crippen LogP contribution in [-0.2, 0) is 0 Å². The lowest BCUT2D eigenvalue weighted by Crippen LogP contribution is -2.00. The van der Waals surface area contributed by atoms with Crippen LogP contribution in [0.25, 0.3) is 17.1 Å². The van der Waals surface area contributed by atoms with E-state index in [1.54, 1.807) is 6.26 Å². The fourth-order valence-corrected chi connectivity index (χ4v) is 3.04. The number of anilines is 2. The summed E-state index contributed by atoms with van der Waals surface area (Å²) in [4.78, 5) is 4.82. The Bertz CT molecular complexity index is 993. The van der Waals surface area contributed by atoms with Gasteiger partial charge in [-0.1, -0.05) is 24.3 Å². The number of aromatic nitrogens is 2.